The molecular formula is C15H17NO2S2. The van der Waals surface area contributed by atoms with Gasteiger partial charge >= 0.3 is 0 Å². The molecule has 0 fully saturated rings. The van der Waals surface area contributed by atoms with Crippen LogP contribution in [0.2, 0.25) is 0 Å². The predicted octanol–water partition coefficient (Wildman–Crippen LogP) is 3.15. The lowest BCUT2D eigenvalue weighted by Gasteiger charge is -2.14. The van der Waals surface area contributed by atoms with Gasteiger partial charge in [-0.05, 0) is 53.6 Å². The van der Waals surface area contributed by atoms with Crippen LogP contribution < -0.4 is 5.32 Å². The predicted molar refractivity (Wildman–Crippen MR) is 82.6 cm³/mol. The number of aryl methyl sites for hydroxylation is 1. The topological polar surface area (TPSA) is 49.3 Å². The van der Waals surface area contributed by atoms with Crippen LogP contribution in [0.1, 0.15) is 45.3 Å². The number of carbonyl (C=O) groups is 1. The summed E-state index contributed by atoms with van der Waals surface area (Å²) in [6, 6.07) is 1.88. The standard InChI is InChI=1S/C15H17NO2S2/c17-13(10-5-6-19-8-10)7-16-15(18)12-9-20-14-4-2-1-3-11(12)14/h5-6,8-9,13,17H,1-4,7H2,(H,16,18). The zero-order valence-corrected chi connectivity index (χ0v) is 12.7. The van der Waals surface area contributed by atoms with Crippen molar-refractivity contribution in [2.75, 3.05) is 6.54 Å². The molecule has 1 unspecified atom stereocenters. The minimum atomic E-state index is -0.625. The van der Waals surface area contributed by atoms with Gasteiger partial charge in [0, 0.05) is 16.8 Å². The van der Waals surface area contributed by atoms with Gasteiger partial charge in [0.25, 0.3) is 5.91 Å². The van der Waals surface area contributed by atoms with Gasteiger partial charge in [0.05, 0.1) is 11.7 Å². The molecule has 5 heteroatoms. The highest BCUT2D eigenvalue weighted by Gasteiger charge is 2.20. The maximum atomic E-state index is 12.2. The molecule has 3 nitrogen and oxygen atoms in total. The fourth-order valence-corrected chi connectivity index (χ4v) is 4.38. The summed E-state index contributed by atoms with van der Waals surface area (Å²) in [5, 5.41) is 18.6. The Morgan fingerprint density at radius 2 is 2.20 bits per heavy atom. The van der Waals surface area contributed by atoms with E-state index in [0.29, 0.717) is 0 Å². The Morgan fingerprint density at radius 1 is 1.35 bits per heavy atom. The summed E-state index contributed by atoms with van der Waals surface area (Å²) in [4.78, 5) is 13.6. The Morgan fingerprint density at radius 3 is 3.00 bits per heavy atom. The summed E-state index contributed by atoms with van der Waals surface area (Å²) in [7, 11) is 0. The summed E-state index contributed by atoms with van der Waals surface area (Å²) in [5.41, 5.74) is 2.90. The number of rotatable bonds is 4. The maximum absolute atomic E-state index is 12.2. The molecule has 0 saturated carbocycles. The van der Waals surface area contributed by atoms with Crippen LogP contribution in [0, 0.1) is 0 Å². The van der Waals surface area contributed by atoms with E-state index >= 15 is 0 Å². The molecule has 1 atom stereocenters. The van der Waals surface area contributed by atoms with Crippen LogP contribution in [0.25, 0.3) is 0 Å². The molecule has 2 heterocycles. The van der Waals surface area contributed by atoms with Gasteiger partial charge in [0.1, 0.15) is 0 Å². The third-order valence-electron chi connectivity index (χ3n) is 3.69. The number of aliphatic hydroxyl groups excluding tert-OH is 1. The molecule has 0 aliphatic heterocycles. The van der Waals surface area contributed by atoms with Gasteiger partial charge in [-0.25, -0.2) is 0 Å². The first-order valence-corrected chi connectivity index (χ1v) is 8.65. The summed E-state index contributed by atoms with van der Waals surface area (Å²) in [6.07, 6.45) is 3.88. The number of carbonyl (C=O) groups excluding carboxylic acids is 1. The first-order chi connectivity index (χ1) is 9.75. The molecule has 1 aliphatic carbocycles. The molecule has 2 N–H and O–H groups in total. The van der Waals surface area contributed by atoms with Crippen molar-refractivity contribution in [2.45, 2.75) is 31.8 Å². The number of hydrogen-bond acceptors (Lipinski definition) is 4. The SMILES string of the molecule is O=C(NCC(O)c1ccsc1)c1csc2c1CCCC2. The van der Waals surface area contributed by atoms with E-state index in [0.717, 1.165) is 24.0 Å². The Hall–Kier alpha value is -1.17. The molecule has 0 radical (unpaired) electrons. The van der Waals surface area contributed by atoms with Crippen molar-refractivity contribution >= 4 is 28.6 Å². The monoisotopic (exact) mass is 307 g/mol. The zero-order chi connectivity index (χ0) is 13.9. The Balaban J connectivity index is 1.63. The van der Waals surface area contributed by atoms with Crippen LogP contribution in [0.4, 0.5) is 0 Å². The average molecular weight is 307 g/mol. The first-order valence-electron chi connectivity index (χ1n) is 6.83. The van der Waals surface area contributed by atoms with Crippen LogP contribution in [0.3, 0.4) is 0 Å². The van der Waals surface area contributed by atoms with E-state index in [4.69, 9.17) is 0 Å². The lowest BCUT2D eigenvalue weighted by Crippen LogP contribution is -2.28. The van der Waals surface area contributed by atoms with Gasteiger partial charge in [-0.15, -0.1) is 11.3 Å². The van der Waals surface area contributed by atoms with Crippen molar-refractivity contribution in [1.29, 1.82) is 0 Å². The van der Waals surface area contributed by atoms with Crippen molar-refractivity contribution in [1.82, 2.24) is 5.32 Å². The molecule has 0 saturated heterocycles. The van der Waals surface area contributed by atoms with Gasteiger partial charge in [0.15, 0.2) is 0 Å². The van der Waals surface area contributed by atoms with Gasteiger partial charge < -0.3 is 10.4 Å². The third kappa shape index (κ3) is 2.80. The van der Waals surface area contributed by atoms with Gasteiger partial charge in [0.2, 0.25) is 0 Å². The highest BCUT2D eigenvalue weighted by Crippen LogP contribution is 2.30. The fraction of sp³-hybridized carbons (Fsp3) is 0.400. The fourth-order valence-electron chi connectivity index (χ4n) is 2.55. The van der Waals surface area contributed by atoms with Crippen LogP contribution >= 0.6 is 22.7 Å². The highest BCUT2D eigenvalue weighted by molar-refractivity contribution is 7.10. The molecule has 0 spiro atoms. The third-order valence-corrected chi connectivity index (χ3v) is 5.48. The summed E-state index contributed by atoms with van der Waals surface area (Å²) in [6.45, 7) is 0.264. The van der Waals surface area contributed by atoms with Gasteiger partial charge in [-0.1, -0.05) is 0 Å². The van der Waals surface area contributed by atoms with Crippen LogP contribution in [0.5, 0.6) is 0 Å². The summed E-state index contributed by atoms with van der Waals surface area (Å²) in [5.74, 6) is -0.0568. The molecule has 20 heavy (non-hydrogen) atoms. The van der Waals surface area contributed by atoms with Crippen molar-refractivity contribution in [3.05, 3.63) is 43.8 Å². The number of aliphatic hydroxyl groups is 1. The van der Waals surface area contributed by atoms with Crippen LogP contribution in [0.15, 0.2) is 22.2 Å². The first kappa shape index (κ1) is 13.8. The van der Waals surface area contributed by atoms with Gasteiger partial charge in [-0.3, -0.25) is 4.79 Å². The zero-order valence-electron chi connectivity index (χ0n) is 11.1. The number of thiophene rings is 2. The average Bonchev–Trinajstić information content (AvgIpc) is 3.13. The van der Waals surface area contributed by atoms with E-state index in [1.54, 1.807) is 22.7 Å². The maximum Gasteiger partial charge on any atom is 0.252 e. The summed E-state index contributed by atoms with van der Waals surface area (Å²) < 4.78 is 0. The largest absolute Gasteiger partial charge is 0.387 e. The molecule has 0 aromatic carbocycles. The Bertz CT molecular complexity index is 589. The van der Waals surface area contributed by atoms with E-state index in [1.165, 1.54) is 23.3 Å². The normalized spacial score (nSPS) is 15.7. The molecule has 106 valence electrons. The van der Waals surface area contributed by atoms with Gasteiger partial charge in [-0.2, -0.15) is 11.3 Å². The second-order valence-corrected chi connectivity index (χ2v) is 6.78. The second kappa shape index (κ2) is 6.08. The smallest absolute Gasteiger partial charge is 0.252 e. The lowest BCUT2D eigenvalue weighted by atomic mass is 9.95. The number of hydrogen-bond donors (Lipinski definition) is 2. The number of amides is 1. The Labute approximate surface area is 126 Å². The molecular weight excluding hydrogens is 290 g/mol. The van der Waals surface area contributed by atoms with Crippen LogP contribution in [-0.2, 0) is 12.8 Å². The molecule has 1 aliphatic rings. The molecule has 0 bridgehead atoms. The molecule has 3 rings (SSSR count). The minimum Gasteiger partial charge on any atom is -0.387 e. The molecule has 1 amide bonds. The lowest BCUT2D eigenvalue weighted by molar-refractivity contribution is 0.0916. The number of fused-ring (bicyclic) bond motifs is 1. The Kier molecular flexibility index (Phi) is 4.19. The highest BCUT2D eigenvalue weighted by atomic mass is 32.1. The van der Waals surface area contributed by atoms with Crippen molar-refractivity contribution < 1.29 is 9.90 Å². The van der Waals surface area contributed by atoms with E-state index < -0.39 is 6.10 Å². The molecule has 2 aromatic heterocycles. The van der Waals surface area contributed by atoms with Crippen molar-refractivity contribution in [3.63, 3.8) is 0 Å². The van der Waals surface area contributed by atoms with E-state index in [1.807, 2.05) is 22.2 Å². The quantitative estimate of drug-likeness (QED) is 0.911. The van der Waals surface area contributed by atoms with E-state index in [-0.39, 0.29) is 12.5 Å². The van der Waals surface area contributed by atoms with Crippen LogP contribution in [-0.4, -0.2) is 17.6 Å². The van der Waals surface area contributed by atoms with E-state index in [2.05, 4.69) is 5.32 Å². The second-order valence-electron chi connectivity index (χ2n) is 5.04. The number of nitrogens with one attached hydrogen (secondary N) is 1. The molecule has 2 aromatic rings. The van der Waals surface area contributed by atoms with E-state index in [9.17, 15) is 9.90 Å². The minimum absolute atomic E-state index is 0.0568. The van der Waals surface area contributed by atoms with Crippen molar-refractivity contribution in [3.8, 4) is 0 Å². The summed E-state index contributed by atoms with van der Waals surface area (Å²) >= 11 is 3.24. The van der Waals surface area contributed by atoms with Crippen molar-refractivity contribution in [2.24, 2.45) is 0 Å².